The highest BCUT2D eigenvalue weighted by atomic mass is 32.1. The van der Waals surface area contributed by atoms with E-state index >= 15 is 0 Å². The molecule has 90 valence electrons. The van der Waals surface area contributed by atoms with Gasteiger partial charge in [0.15, 0.2) is 0 Å². The Labute approximate surface area is 103 Å². The van der Waals surface area contributed by atoms with Crippen molar-refractivity contribution in [2.45, 2.75) is 13.8 Å². The molecule has 0 aromatic carbocycles. The summed E-state index contributed by atoms with van der Waals surface area (Å²) in [6, 6.07) is 1.94. The zero-order valence-corrected chi connectivity index (χ0v) is 10.5. The zero-order chi connectivity index (χ0) is 12.5. The number of hydrogen-bond acceptors (Lipinski definition) is 5. The third-order valence-electron chi connectivity index (χ3n) is 2.61. The molecule has 17 heavy (non-hydrogen) atoms. The summed E-state index contributed by atoms with van der Waals surface area (Å²) in [5.74, 6) is 0.417. The van der Waals surface area contributed by atoms with E-state index in [1.165, 1.54) is 6.33 Å². The fourth-order valence-electron chi connectivity index (χ4n) is 1.31. The zero-order valence-electron chi connectivity index (χ0n) is 9.73. The quantitative estimate of drug-likeness (QED) is 0.864. The Hall–Kier alpha value is -1.69. The number of amides is 1. The van der Waals surface area contributed by atoms with Gasteiger partial charge in [-0.05, 0) is 25.3 Å². The van der Waals surface area contributed by atoms with Gasteiger partial charge in [-0.3, -0.25) is 4.79 Å². The molecule has 2 aromatic heterocycles. The van der Waals surface area contributed by atoms with Gasteiger partial charge in [0.1, 0.15) is 12.1 Å². The van der Waals surface area contributed by atoms with E-state index in [0.717, 1.165) is 16.0 Å². The molecule has 0 fully saturated rings. The Bertz CT molecular complexity index is 549. The molecule has 0 unspecified atom stereocenters. The highest BCUT2D eigenvalue weighted by molar-refractivity contribution is 7.17. The van der Waals surface area contributed by atoms with Crippen LogP contribution in [-0.2, 0) is 4.79 Å². The number of nitrogens with one attached hydrogen (secondary N) is 1. The minimum Gasteiger partial charge on any atom is -0.369 e. The number of aromatic nitrogens is 2. The van der Waals surface area contributed by atoms with E-state index in [1.807, 2.05) is 11.4 Å². The number of nitrogens with two attached hydrogens (primary N) is 1. The molecule has 0 bridgehead atoms. The van der Waals surface area contributed by atoms with E-state index < -0.39 is 5.41 Å². The lowest BCUT2D eigenvalue weighted by Gasteiger charge is -2.21. The van der Waals surface area contributed by atoms with Gasteiger partial charge in [-0.15, -0.1) is 11.3 Å². The summed E-state index contributed by atoms with van der Waals surface area (Å²) in [4.78, 5) is 19.5. The number of rotatable bonds is 4. The second-order valence-electron chi connectivity index (χ2n) is 4.46. The van der Waals surface area contributed by atoms with E-state index in [1.54, 1.807) is 25.2 Å². The molecule has 2 rings (SSSR count). The molecule has 0 saturated carbocycles. The van der Waals surface area contributed by atoms with Crippen molar-refractivity contribution >= 4 is 33.3 Å². The summed E-state index contributed by atoms with van der Waals surface area (Å²) in [7, 11) is 0. The fraction of sp³-hybridized carbons (Fsp3) is 0.364. The Morgan fingerprint density at radius 2 is 2.29 bits per heavy atom. The number of carbonyl (C=O) groups is 1. The van der Waals surface area contributed by atoms with E-state index in [4.69, 9.17) is 5.73 Å². The molecule has 0 radical (unpaired) electrons. The van der Waals surface area contributed by atoms with Crippen LogP contribution in [0, 0.1) is 5.41 Å². The van der Waals surface area contributed by atoms with E-state index in [0.29, 0.717) is 6.54 Å². The van der Waals surface area contributed by atoms with Crippen molar-refractivity contribution in [1.82, 2.24) is 9.97 Å². The molecule has 0 spiro atoms. The van der Waals surface area contributed by atoms with Crippen LogP contribution < -0.4 is 11.1 Å². The topological polar surface area (TPSA) is 80.9 Å². The molecule has 2 heterocycles. The van der Waals surface area contributed by atoms with Gasteiger partial charge in [-0.1, -0.05) is 0 Å². The first-order chi connectivity index (χ1) is 8.00. The van der Waals surface area contributed by atoms with Crippen LogP contribution in [0.5, 0.6) is 0 Å². The average molecular weight is 250 g/mol. The second kappa shape index (κ2) is 4.29. The van der Waals surface area contributed by atoms with Crippen LogP contribution in [-0.4, -0.2) is 22.4 Å². The smallest absolute Gasteiger partial charge is 0.224 e. The number of hydrogen-bond donors (Lipinski definition) is 2. The van der Waals surface area contributed by atoms with E-state index in [9.17, 15) is 4.79 Å². The predicted molar refractivity (Wildman–Crippen MR) is 68.9 cm³/mol. The SMILES string of the molecule is CC(C)(CNc1ncnc2ccsc12)C(N)=O. The maximum absolute atomic E-state index is 11.2. The third kappa shape index (κ3) is 2.36. The van der Waals surface area contributed by atoms with Gasteiger partial charge in [-0.25, -0.2) is 9.97 Å². The van der Waals surface area contributed by atoms with Gasteiger partial charge in [-0.2, -0.15) is 0 Å². The van der Waals surface area contributed by atoms with Crippen molar-refractivity contribution in [3.63, 3.8) is 0 Å². The predicted octanol–water partition coefficient (Wildman–Crippen LogP) is 1.61. The monoisotopic (exact) mass is 250 g/mol. The van der Waals surface area contributed by atoms with Crippen molar-refractivity contribution in [3.05, 3.63) is 17.8 Å². The van der Waals surface area contributed by atoms with Crippen molar-refractivity contribution in [2.24, 2.45) is 11.1 Å². The molecule has 0 aliphatic rings. The average Bonchev–Trinajstić information content (AvgIpc) is 2.74. The van der Waals surface area contributed by atoms with Crippen LogP contribution >= 0.6 is 11.3 Å². The molecule has 2 aromatic rings. The van der Waals surface area contributed by atoms with Crippen LogP contribution in [0.3, 0.4) is 0 Å². The maximum Gasteiger partial charge on any atom is 0.224 e. The summed E-state index contributed by atoms with van der Waals surface area (Å²) in [5, 5.41) is 5.12. The number of nitrogens with zero attached hydrogens (tertiary/aromatic N) is 2. The molecular weight excluding hydrogens is 236 g/mol. The Morgan fingerprint density at radius 3 is 3.00 bits per heavy atom. The molecule has 5 nitrogen and oxygen atoms in total. The van der Waals surface area contributed by atoms with Crippen molar-refractivity contribution < 1.29 is 4.79 Å². The number of anilines is 1. The molecule has 0 aliphatic heterocycles. The first-order valence-electron chi connectivity index (χ1n) is 5.23. The van der Waals surface area contributed by atoms with Crippen LogP contribution in [0.4, 0.5) is 5.82 Å². The van der Waals surface area contributed by atoms with Gasteiger partial charge >= 0.3 is 0 Å². The summed E-state index contributed by atoms with van der Waals surface area (Å²) >= 11 is 1.57. The van der Waals surface area contributed by atoms with Crippen molar-refractivity contribution in [1.29, 1.82) is 0 Å². The Kier molecular flexibility index (Phi) is 2.97. The van der Waals surface area contributed by atoms with Gasteiger partial charge in [0.2, 0.25) is 5.91 Å². The standard InChI is InChI=1S/C11H14N4OS/c1-11(2,10(12)16)5-13-9-8-7(3-4-17-8)14-6-15-9/h3-4,6H,5H2,1-2H3,(H2,12,16)(H,13,14,15). The molecule has 1 amide bonds. The largest absolute Gasteiger partial charge is 0.369 e. The summed E-state index contributed by atoms with van der Waals surface area (Å²) in [6.07, 6.45) is 1.51. The van der Waals surface area contributed by atoms with Crippen molar-refractivity contribution in [2.75, 3.05) is 11.9 Å². The number of fused-ring (bicyclic) bond motifs is 1. The lowest BCUT2D eigenvalue weighted by Crippen LogP contribution is -2.37. The molecule has 0 saturated heterocycles. The molecule has 3 N–H and O–H groups in total. The van der Waals surface area contributed by atoms with E-state index in [-0.39, 0.29) is 5.91 Å². The third-order valence-corrected chi connectivity index (χ3v) is 3.52. The van der Waals surface area contributed by atoms with Crippen LogP contribution in [0.15, 0.2) is 17.8 Å². The van der Waals surface area contributed by atoms with Crippen LogP contribution in [0.25, 0.3) is 10.2 Å². The number of thiophene rings is 1. The number of primary amides is 1. The second-order valence-corrected chi connectivity index (χ2v) is 5.38. The summed E-state index contributed by atoms with van der Waals surface area (Å²) < 4.78 is 0.993. The normalized spacial score (nSPS) is 11.6. The first-order valence-corrected chi connectivity index (χ1v) is 6.11. The Balaban J connectivity index is 2.19. The first kappa shape index (κ1) is 11.8. The lowest BCUT2D eigenvalue weighted by molar-refractivity contribution is -0.125. The van der Waals surface area contributed by atoms with Crippen molar-refractivity contribution in [3.8, 4) is 0 Å². The van der Waals surface area contributed by atoms with Gasteiger partial charge < -0.3 is 11.1 Å². The van der Waals surface area contributed by atoms with Gasteiger partial charge in [0, 0.05) is 6.54 Å². The molecule has 0 aliphatic carbocycles. The molecule has 0 atom stereocenters. The summed E-state index contributed by atoms with van der Waals surface area (Å²) in [5.41, 5.74) is 5.62. The molecule has 6 heteroatoms. The highest BCUT2D eigenvalue weighted by Gasteiger charge is 2.25. The van der Waals surface area contributed by atoms with Gasteiger partial charge in [0.25, 0.3) is 0 Å². The molecular formula is C11H14N4OS. The summed E-state index contributed by atoms with van der Waals surface area (Å²) in [6.45, 7) is 4.05. The van der Waals surface area contributed by atoms with Crippen LogP contribution in [0.1, 0.15) is 13.8 Å². The fourth-order valence-corrected chi connectivity index (χ4v) is 2.12. The Morgan fingerprint density at radius 1 is 1.53 bits per heavy atom. The lowest BCUT2D eigenvalue weighted by atomic mass is 9.93. The van der Waals surface area contributed by atoms with Crippen LogP contribution in [0.2, 0.25) is 0 Å². The van der Waals surface area contributed by atoms with E-state index in [2.05, 4.69) is 15.3 Å². The van der Waals surface area contributed by atoms with Gasteiger partial charge in [0.05, 0.1) is 15.6 Å². The maximum atomic E-state index is 11.2. The minimum atomic E-state index is -0.603. The minimum absolute atomic E-state index is 0.332. The number of carbonyl (C=O) groups excluding carboxylic acids is 1. The highest BCUT2D eigenvalue weighted by Crippen LogP contribution is 2.25.